The molecule has 0 saturated carbocycles. The molecule has 1 amide bonds. The van der Waals surface area contributed by atoms with E-state index in [9.17, 15) is 4.79 Å². The van der Waals surface area contributed by atoms with E-state index >= 15 is 0 Å². The summed E-state index contributed by atoms with van der Waals surface area (Å²) in [4.78, 5) is 16.2. The summed E-state index contributed by atoms with van der Waals surface area (Å²) in [7, 11) is 1.82. The number of ether oxygens (including phenoxy) is 1. The Morgan fingerprint density at radius 2 is 2.40 bits per heavy atom. The number of aromatic nitrogens is 3. The Bertz CT molecular complexity index is 617. The van der Waals surface area contributed by atoms with Crippen molar-refractivity contribution in [2.24, 2.45) is 7.05 Å². The third-order valence-electron chi connectivity index (χ3n) is 3.21. The second-order valence-electron chi connectivity index (χ2n) is 4.81. The minimum Gasteiger partial charge on any atom is -0.368 e. The fourth-order valence-electron chi connectivity index (χ4n) is 2.21. The Morgan fingerprint density at radius 3 is 3.10 bits per heavy atom. The first-order valence-corrected chi connectivity index (χ1v) is 6.61. The standard InChI is InChI=1S/C14H16N4O2/c1-18-9-15-13(17-18)10-4-2-5-11(8-10)16-14(19)12-6-3-7-20-12/h2,4-5,8-9,12H,3,6-7H2,1H3,(H,16,19)/t12-/m1/s1. The van der Waals surface area contributed by atoms with Gasteiger partial charge in [-0.15, -0.1) is 0 Å². The highest BCUT2D eigenvalue weighted by atomic mass is 16.5. The number of nitrogens with zero attached hydrogens (tertiary/aromatic N) is 3. The van der Waals surface area contributed by atoms with Crippen molar-refractivity contribution < 1.29 is 9.53 Å². The first kappa shape index (κ1) is 12.8. The maximum absolute atomic E-state index is 12.0. The van der Waals surface area contributed by atoms with Crippen LogP contribution in [0.3, 0.4) is 0 Å². The molecule has 0 unspecified atom stereocenters. The van der Waals surface area contributed by atoms with Crippen molar-refractivity contribution in [3.8, 4) is 11.4 Å². The molecule has 1 saturated heterocycles. The second-order valence-corrected chi connectivity index (χ2v) is 4.81. The largest absolute Gasteiger partial charge is 0.368 e. The van der Waals surface area contributed by atoms with Gasteiger partial charge >= 0.3 is 0 Å². The van der Waals surface area contributed by atoms with Crippen LogP contribution in [0.1, 0.15) is 12.8 Å². The minimum atomic E-state index is -0.327. The van der Waals surface area contributed by atoms with Crippen LogP contribution in [0.15, 0.2) is 30.6 Å². The zero-order valence-electron chi connectivity index (χ0n) is 11.2. The van der Waals surface area contributed by atoms with Gasteiger partial charge in [-0.05, 0) is 25.0 Å². The van der Waals surface area contributed by atoms with Crippen LogP contribution in [-0.2, 0) is 16.6 Å². The number of benzene rings is 1. The number of carbonyl (C=O) groups is 1. The summed E-state index contributed by atoms with van der Waals surface area (Å²) in [5.41, 5.74) is 1.60. The number of amides is 1. The fraction of sp³-hybridized carbons (Fsp3) is 0.357. The number of nitrogens with one attached hydrogen (secondary N) is 1. The van der Waals surface area contributed by atoms with E-state index in [2.05, 4.69) is 15.4 Å². The average molecular weight is 272 g/mol. The molecule has 2 heterocycles. The molecule has 3 rings (SSSR count). The molecule has 0 aliphatic carbocycles. The van der Waals surface area contributed by atoms with Crippen LogP contribution in [0.25, 0.3) is 11.4 Å². The van der Waals surface area contributed by atoms with E-state index < -0.39 is 0 Å². The molecule has 0 bridgehead atoms. The normalized spacial score (nSPS) is 18.1. The van der Waals surface area contributed by atoms with E-state index in [1.165, 1.54) is 0 Å². The highest BCUT2D eigenvalue weighted by Gasteiger charge is 2.23. The lowest BCUT2D eigenvalue weighted by Crippen LogP contribution is -2.26. The maximum Gasteiger partial charge on any atom is 0.253 e. The van der Waals surface area contributed by atoms with E-state index in [4.69, 9.17) is 4.74 Å². The van der Waals surface area contributed by atoms with Crippen molar-refractivity contribution in [2.75, 3.05) is 11.9 Å². The Balaban J connectivity index is 1.75. The van der Waals surface area contributed by atoms with Gasteiger partial charge in [-0.2, -0.15) is 5.10 Å². The lowest BCUT2D eigenvalue weighted by molar-refractivity contribution is -0.124. The monoisotopic (exact) mass is 272 g/mol. The Labute approximate surface area is 116 Å². The summed E-state index contributed by atoms with van der Waals surface area (Å²) in [5.74, 6) is 0.550. The lowest BCUT2D eigenvalue weighted by Gasteiger charge is -2.10. The van der Waals surface area contributed by atoms with Gasteiger partial charge in [0.05, 0.1) is 0 Å². The van der Waals surface area contributed by atoms with Crippen LogP contribution in [-0.4, -0.2) is 33.4 Å². The van der Waals surface area contributed by atoms with Gasteiger partial charge < -0.3 is 10.1 Å². The average Bonchev–Trinajstić information content (AvgIpc) is 3.10. The molecule has 20 heavy (non-hydrogen) atoms. The lowest BCUT2D eigenvalue weighted by atomic mass is 10.1. The van der Waals surface area contributed by atoms with Gasteiger partial charge in [-0.3, -0.25) is 9.48 Å². The summed E-state index contributed by atoms with van der Waals surface area (Å²) in [5, 5.41) is 7.12. The van der Waals surface area contributed by atoms with Gasteiger partial charge in [-0.25, -0.2) is 4.98 Å². The summed E-state index contributed by atoms with van der Waals surface area (Å²) < 4.78 is 7.01. The van der Waals surface area contributed by atoms with Crippen molar-refractivity contribution >= 4 is 11.6 Å². The molecule has 1 aliphatic rings. The van der Waals surface area contributed by atoms with Crippen LogP contribution < -0.4 is 5.32 Å². The molecular formula is C14H16N4O2. The number of anilines is 1. The predicted molar refractivity (Wildman–Crippen MR) is 74.0 cm³/mol. The first-order chi connectivity index (χ1) is 9.72. The third-order valence-corrected chi connectivity index (χ3v) is 3.21. The molecule has 1 aliphatic heterocycles. The molecule has 0 radical (unpaired) electrons. The highest BCUT2D eigenvalue weighted by molar-refractivity contribution is 5.94. The zero-order chi connectivity index (χ0) is 13.9. The molecule has 6 nitrogen and oxygen atoms in total. The molecule has 1 fully saturated rings. The zero-order valence-corrected chi connectivity index (χ0v) is 11.2. The van der Waals surface area contributed by atoms with Crippen LogP contribution in [0.4, 0.5) is 5.69 Å². The van der Waals surface area contributed by atoms with Crippen molar-refractivity contribution in [1.82, 2.24) is 14.8 Å². The first-order valence-electron chi connectivity index (χ1n) is 6.61. The van der Waals surface area contributed by atoms with Gasteiger partial charge in [-0.1, -0.05) is 12.1 Å². The van der Waals surface area contributed by atoms with E-state index in [1.807, 2.05) is 31.3 Å². The molecule has 0 spiro atoms. The van der Waals surface area contributed by atoms with Crippen LogP contribution in [0, 0.1) is 0 Å². The van der Waals surface area contributed by atoms with E-state index in [0.717, 1.165) is 24.1 Å². The van der Waals surface area contributed by atoms with Crippen LogP contribution in [0.5, 0.6) is 0 Å². The summed E-state index contributed by atoms with van der Waals surface area (Å²) >= 11 is 0. The molecule has 6 heteroatoms. The molecule has 104 valence electrons. The molecule has 1 aromatic carbocycles. The van der Waals surface area contributed by atoms with Gasteiger partial charge in [0.15, 0.2) is 5.82 Å². The van der Waals surface area contributed by atoms with Crippen molar-refractivity contribution in [3.05, 3.63) is 30.6 Å². The van der Waals surface area contributed by atoms with Crippen LogP contribution >= 0.6 is 0 Å². The molecule has 1 atom stereocenters. The summed E-state index contributed by atoms with van der Waals surface area (Å²) in [6.07, 6.45) is 3.04. The highest BCUT2D eigenvalue weighted by Crippen LogP contribution is 2.20. The molecular weight excluding hydrogens is 256 g/mol. The van der Waals surface area contributed by atoms with Crippen molar-refractivity contribution in [2.45, 2.75) is 18.9 Å². The summed E-state index contributed by atoms with van der Waals surface area (Å²) in [6, 6.07) is 7.50. The van der Waals surface area contributed by atoms with E-state index in [-0.39, 0.29) is 12.0 Å². The Kier molecular flexibility index (Phi) is 3.47. The van der Waals surface area contributed by atoms with Crippen molar-refractivity contribution in [1.29, 1.82) is 0 Å². The number of aryl methyl sites for hydroxylation is 1. The maximum atomic E-state index is 12.0. The molecule has 1 aromatic heterocycles. The fourth-order valence-corrected chi connectivity index (χ4v) is 2.21. The SMILES string of the molecule is Cn1cnc(-c2cccc(NC(=O)[C@H]3CCCO3)c2)n1. The smallest absolute Gasteiger partial charge is 0.253 e. The molecule has 1 N–H and O–H groups in total. The third kappa shape index (κ3) is 2.70. The minimum absolute atomic E-state index is 0.0892. The van der Waals surface area contributed by atoms with E-state index in [0.29, 0.717) is 12.4 Å². The summed E-state index contributed by atoms with van der Waals surface area (Å²) in [6.45, 7) is 0.663. The second kappa shape index (κ2) is 5.42. The van der Waals surface area contributed by atoms with Crippen molar-refractivity contribution in [3.63, 3.8) is 0 Å². The van der Waals surface area contributed by atoms with Gasteiger partial charge in [0, 0.05) is 24.9 Å². The number of rotatable bonds is 3. The van der Waals surface area contributed by atoms with Crippen LogP contribution in [0.2, 0.25) is 0 Å². The Morgan fingerprint density at radius 1 is 1.50 bits per heavy atom. The number of hydrogen-bond acceptors (Lipinski definition) is 4. The van der Waals surface area contributed by atoms with Gasteiger partial charge in [0.25, 0.3) is 5.91 Å². The number of carbonyl (C=O) groups excluding carboxylic acids is 1. The quantitative estimate of drug-likeness (QED) is 0.921. The van der Waals surface area contributed by atoms with Gasteiger partial charge in [0.2, 0.25) is 0 Å². The Hall–Kier alpha value is -2.21. The molecule has 2 aromatic rings. The number of hydrogen-bond donors (Lipinski definition) is 1. The van der Waals surface area contributed by atoms with Gasteiger partial charge in [0.1, 0.15) is 12.4 Å². The predicted octanol–water partition coefficient (Wildman–Crippen LogP) is 1.60. The topological polar surface area (TPSA) is 69.0 Å². The van der Waals surface area contributed by atoms with E-state index in [1.54, 1.807) is 11.0 Å².